The average Bonchev–Trinajstić information content (AvgIpc) is 3.34. The molecule has 1 spiro atoms. The Bertz CT molecular complexity index is 1010. The molecule has 25 heavy (non-hydrogen) atoms. The van der Waals surface area contributed by atoms with Crippen LogP contribution in [0.5, 0.6) is 0 Å². The molecule has 1 saturated heterocycles. The van der Waals surface area contributed by atoms with Crippen molar-refractivity contribution in [2.45, 2.75) is 24.8 Å². The molecule has 0 saturated carbocycles. The van der Waals surface area contributed by atoms with Gasteiger partial charge in [-0.15, -0.1) is 0 Å². The number of nitrogens with one attached hydrogen (secondary N) is 1. The van der Waals surface area contributed by atoms with E-state index < -0.39 is 6.09 Å². The normalized spacial score (nSPS) is 22.2. The van der Waals surface area contributed by atoms with Crippen molar-refractivity contribution in [1.29, 1.82) is 0 Å². The quantitative estimate of drug-likeness (QED) is 0.700. The molecule has 0 aromatic carbocycles. The summed E-state index contributed by atoms with van der Waals surface area (Å²) in [6, 6.07) is 4.08. The van der Waals surface area contributed by atoms with Crippen LogP contribution < -0.4 is 0 Å². The molecular weight excluding hydrogens is 342 g/mol. The van der Waals surface area contributed by atoms with Crippen LogP contribution in [0.2, 0.25) is 5.02 Å². The van der Waals surface area contributed by atoms with Crippen molar-refractivity contribution in [2.75, 3.05) is 13.1 Å². The molecule has 1 fully saturated rings. The topological polar surface area (TPSA) is 87.0 Å². The number of nitrogens with zero attached hydrogens (tertiary/aromatic N) is 4. The first-order valence-corrected chi connectivity index (χ1v) is 8.63. The molecule has 1 unspecified atom stereocenters. The van der Waals surface area contributed by atoms with Crippen LogP contribution in [0.15, 0.2) is 24.5 Å². The Balaban J connectivity index is 1.54. The van der Waals surface area contributed by atoms with Crippen molar-refractivity contribution in [2.24, 2.45) is 0 Å². The Morgan fingerprint density at radius 3 is 2.96 bits per heavy atom. The smallest absolute Gasteiger partial charge is 0.407 e. The third-order valence-corrected chi connectivity index (χ3v) is 5.84. The summed E-state index contributed by atoms with van der Waals surface area (Å²) in [6.07, 6.45) is 4.47. The number of rotatable bonds is 1. The highest BCUT2D eigenvalue weighted by molar-refractivity contribution is 6.35. The molecule has 0 bridgehead atoms. The van der Waals surface area contributed by atoms with E-state index in [1.54, 1.807) is 12.4 Å². The van der Waals surface area contributed by atoms with Gasteiger partial charge in [-0.1, -0.05) is 11.6 Å². The van der Waals surface area contributed by atoms with Crippen molar-refractivity contribution < 1.29 is 9.90 Å². The predicted molar refractivity (Wildman–Crippen MR) is 92.8 cm³/mol. The Hall–Kier alpha value is -2.54. The Morgan fingerprint density at radius 1 is 1.32 bits per heavy atom. The highest BCUT2D eigenvalue weighted by atomic mass is 35.5. The SMILES string of the molecule is O=C(O)N1CCC2(CCn3nc(-c4cnc5[nH]cc(Cl)c5c4)cc32)C1. The van der Waals surface area contributed by atoms with Gasteiger partial charge in [-0.05, 0) is 25.0 Å². The Labute approximate surface area is 148 Å². The molecule has 1 amide bonds. The largest absolute Gasteiger partial charge is 0.465 e. The molecule has 3 aromatic rings. The van der Waals surface area contributed by atoms with Gasteiger partial charge < -0.3 is 15.0 Å². The van der Waals surface area contributed by atoms with Crippen LogP contribution in [0.25, 0.3) is 22.3 Å². The number of carbonyl (C=O) groups is 1. The lowest BCUT2D eigenvalue weighted by Gasteiger charge is -2.21. The molecule has 1 atom stereocenters. The van der Waals surface area contributed by atoms with E-state index in [4.69, 9.17) is 16.7 Å². The number of aryl methyl sites for hydroxylation is 1. The number of pyridine rings is 1. The lowest BCUT2D eigenvalue weighted by molar-refractivity contribution is 0.153. The van der Waals surface area contributed by atoms with Crippen LogP contribution in [0.3, 0.4) is 0 Å². The fraction of sp³-hybridized carbons (Fsp3) is 0.353. The Kier molecular flexibility index (Phi) is 2.94. The van der Waals surface area contributed by atoms with E-state index in [0.29, 0.717) is 18.1 Å². The zero-order chi connectivity index (χ0) is 17.2. The summed E-state index contributed by atoms with van der Waals surface area (Å²) in [7, 11) is 0. The van der Waals surface area contributed by atoms with Gasteiger partial charge in [0.15, 0.2) is 0 Å². The van der Waals surface area contributed by atoms with E-state index in [-0.39, 0.29) is 5.41 Å². The molecule has 0 radical (unpaired) electrons. The summed E-state index contributed by atoms with van der Waals surface area (Å²) in [6.45, 7) is 1.96. The summed E-state index contributed by atoms with van der Waals surface area (Å²) >= 11 is 6.19. The minimum Gasteiger partial charge on any atom is -0.465 e. The number of H-pyrrole nitrogens is 1. The second kappa shape index (κ2) is 4.98. The number of aromatic amines is 1. The third kappa shape index (κ3) is 2.08. The maximum Gasteiger partial charge on any atom is 0.407 e. The number of halogens is 1. The number of amides is 1. The number of fused-ring (bicyclic) bond motifs is 3. The van der Waals surface area contributed by atoms with Crippen molar-refractivity contribution in [3.05, 3.63) is 35.2 Å². The molecule has 8 heteroatoms. The molecule has 5 rings (SSSR count). The van der Waals surface area contributed by atoms with E-state index in [1.165, 1.54) is 4.90 Å². The molecule has 2 aliphatic heterocycles. The van der Waals surface area contributed by atoms with E-state index in [1.807, 2.05) is 10.7 Å². The standard InChI is InChI=1S/C17H16ClN5O2/c18-12-8-20-15-11(12)5-10(7-19-15)13-6-14-17(2-4-23(14)21-13)1-3-22(9-17)16(24)25/h5-8H,1-4,9H2,(H,19,20)(H,24,25). The summed E-state index contributed by atoms with van der Waals surface area (Å²) in [5.74, 6) is 0. The first kappa shape index (κ1) is 14.8. The highest BCUT2D eigenvalue weighted by Gasteiger charge is 2.46. The van der Waals surface area contributed by atoms with Crippen molar-refractivity contribution in [3.8, 4) is 11.3 Å². The summed E-state index contributed by atoms with van der Waals surface area (Å²) in [5.41, 5.74) is 3.55. The monoisotopic (exact) mass is 357 g/mol. The molecule has 2 aliphatic rings. The number of carboxylic acid groups (broad SMARTS) is 1. The Morgan fingerprint density at radius 2 is 2.16 bits per heavy atom. The van der Waals surface area contributed by atoms with Gasteiger partial charge in [-0.25, -0.2) is 9.78 Å². The number of likely N-dealkylation sites (tertiary alicyclic amines) is 1. The number of hydrogen-bond acceptors (Lipinski definition) is 3. The first-order chi connectivity index (χ1) is 12.1. The van der Waals surface area contributed by atoms with Crippen molar-refractivity contribution in [1.82, 2.24) is 24.6 Å². The fourth-order valence-corrected chi connectivity index (χ4v) is 4.36. The molecule has 2 N–H and O–H groups in total. The van der Waals surface area contributed by atoms with Crippen LogP contribution in [-0.2, 0) is 12.0 Å². The second-order valence-electron chi connectivity index (χ2n) is 6.88. The number of hydrogen-bond donors (Lipinski definition) is 2. The summed E-state index contributed by atoms with van der Waals surface area (Å²) in [4.78, 5) is 20.2. The predicted octanol–water partition coefficient (Wildman–Crippen LogP) is 3.11. The number of aromatic nitrogens is 4. The maximum absolute atomic E-state index is 11.3. The lowest BCUT2D eigenvalue weighted by atomic mass is 9.82. The van der Waals surface area contributed by atoms with Crippen LogP contribution in [0.4, 0.5) is 4.79 Å². The zero-order valence-corrected chi connectivity index (χ0v) is 14.1. The summed E-state index contributed by atoms with van der Waals surface area (Å²) < 4.78 is 2.02. The summed E-state index contributed by atoms with van der Waals surface area (Å²) in [5, 5.41) is 15.5. The van der Waals surface area contributed by atoms with Gasteiger partial charge in [-0.3, -0.25) is 4.68 Å². The van der Waals surface area contributed by atoms with Gasteiger partial charge in [-0.2, -0.15) is 5.10 Å². The lowest BCUT2D eigenvalue weighted by Crippen LogP contribution is -2.32. The van der Waals surface area contributed by atoms with Gasteiger partial charge in [0.05, 0.1) is 10.7 Å². The molecule has 128 valence electrons. The van der Waals surface area contributed by atoms with E-state index in [0.717, 1.165) is 47.4 Å². The van der Waals surface area contributed by atoms with Gasteiger partial charge in [0, 0.05) is 54.1 Å². The average molecular weight is 358 g/mol. The van der Waals surface area contributed by atoms with E-state index in [2.05, 4.69) is 16.0 Å². The van der Waals surface area contributed by atoms with Crippen molar-refractivity contribution >= 4 is 28.7 Å². The van der Waals surface area contributed by atoms with Gasteiger partial charge in [0.25, 0.3) is 0 Å². The van der Waals surface area contributed by atoms with E-state index >= 15 is 0 Å². The fourth-order valence-electron chi connectivity index (χ4n) is 4.16. The molecule has 0 aliphatic carbocycles. The molecule has 7 nitrogen and oxygen atoms in total. The minimum atomic E-state index is -0.841. The zero-order valence-electron chi connectivity index (χ0n) is 13.4. The van der Waals surface area contributed by atoms with Crippen molar-refractivity contribution in [3.63, 3.8) is 0 Å². The molecule has 5 heterocycles. The molecular formula is C17H16ClN5O2. The van der Waals surface area contributed by atoms with Crippen LogP contribution in [0, 0.1) is 0 Å². The third-order valence-electron chi connectivity index (χ3n) is 5.53. The van der Waals surface area contributed by atoms with Gasteiger partial charge in [0.1, 0.15) is 5.65 Å². The first-order valence-electron chi connectivity index (χ1n) is 8.25. The maximum atomic E-state index is 11.3. The van der Waals surface area contributed by atoms with Crippen LogP contribution >= 0.6 is 11.6 Å². The van der Waals surface area contributed by atoms with Gasteiger partial charge >= 0.3 is 6.09 Å². The second-order valence-corrected chi connectivity index (χ2v) is 7.29. The molecule has 3 aromatic heterocycles. The highest BCUT2D eigenvalue weighted by Crippen LogP contribution is 2.43. The van der Waals surface area contributed by atoms with E-state index in [9.17, 15) is 9.90 Å². The minimum absolute atomic E-state index is 0.104. The van der Waals surface area contributed by atoms with Gasteiger partial charge in [0.2, 0.25) is 0 Å². The van der Waals surface area contributed by atoms with Crippen LogP contribution in [-0.4, -0.2) is 48.9 Å². The van der Waals surface area contributed by atoms with Crippen LogP contribution in [0.1, 0.15) is 18.5 Å².